The van der Waals surface area contributed by atoms with E-state index in [4.69, 9.17) is 18.0 Å². The largest absolute Gasteiger partial charge is 0.344 e. The molecule has 0 aliphatic rings. The molecular formula is C14H17ClN2O. The van der Waals surface area contributed by atoms with Crippen molar-refractivity contribution in [1.29, 1.82) is 0 Å². The normalized spacial score (nSPS) is 11.9. The lowest BCUT2D eigenvalue weighted by atomic mass is 10.1. The zero-order valence-corrected chi connectivity index (χ0v) is 11.4. The van der Waals surface area contributed by atoms with E-state index < -0.39 is 0 Å². The van der Waals surface area contributed by atoms with Crippen LogP contribution in [0.2, 0.25) is 5.02 Å². The van der Waals surface area contributed by atoms with E-state index in [1.54, 1.807) is 0 Å². The Morgan fingerprint density at radius 2 is 2.11 bits per heavy atom. The standard InChI is InChI=1S/C14H17ClN2O/c1-4-9-16-14(18)10-17(3)11(2)12-5-7-13(15)8-6-12/h1,5-8,11H,9-10H2,2-3H3,(H,16,18)/t11-/m1/s1. The molecule has 3 nitrogen and oxygen atoms in total. The summed E-state index contributed by atoms with van der Waals surface area (Å²) in [4.78, 5) is 13.5. The average Bonchev–Trinajstić information content (AvgIpc) is 2.36. The molecule has 0 fully saturated rings. The maximum Gasteiger partial charge on any atom is 0.234 e. The number of nitrogens with zero attached hydrogens (tertiary/aromatic N) is 1. The third-order valence-electron chi connectivity index (χ3n) is 2.79. The van der Waals surface area contributed by atoms with Gasteiger partial charge in [-0.3, -0.25) is 9.69 Å². The first kappa shape index (κ1) is 14.6. The molecule has 0 radical (unpaired) electrons. The van der Waals surface area contributed by atoms with Gasteiger partial charge < -0.3 is 5.32 Å². The molecule has 0 aliphatic carbocycles. The highest BCUT2D eigenvalue weighted by atomic mass is 35.5. The van der Waals surface area contributed by atoms with Gasteiger partial charge in [-0.05, 0) is 31.7 Å². The van der Waals surface area contributed by atoms with Crippen molar-refractivity contribution in [3.05, 3.63) is 34.9 Å². The summed E-state index contributed by atoms with van der Waals surface area (Å²) < 4.78 is 0. The summed E-state index contributed by atoms with van der Waals surface area (Å²) in [5.41, 5.74) is 1.12. The number of hydrogen-bond donors (Lipinski definition) is 1. The Morgan fingerprint density at radius 3 is 2.67 bits per heavy atom. The van der Waals surface area contributed by atoms with Gasteiger partial charge in [0.1, 0.15) is 0 Å². The quantitative estimate of drug-likeness (QED) is 0.826. The molecule has 0 unspecified atom stereocenters. The van der Waals surface area contributed by atoms with Gasteiger partial charge in [0.2, 0.25) is 5.91 Å². The number of terminal acetylenes is 1. The van der Waals surface area contributed by atoms with Gasteiger partial charge in [-0.25, -0.2) is 0 Å². The fourth-order valence-corrected chi connectivity index (χ4v) is 1.69. The predicted octanol–water partition coefficient (Wildman–Crippen LogP) is 2.08. The van der Waals surface area contributed by atoms with Gasteiger partial charge in [0.15, 0.2) is 0 Å². The van der Waals surface area contributed by atoms with E-state index in [2.05, 4.69) is 11.2 Å². The molecule has 0 aromatic heterocycles. The molecule has 18 heavy (non-hydrogen) atoms. The first-order valence-electron chi connectivity index (χ1n) is 5.70. The van der Waals surface area contributed by atoms with Gasteiger partial charge in [0.05, 0.1) is 13.1 Å². The minimum Gasteiger partial charge on any atom is -0.344 e. The minimum atomic E-state index is -0.0729. The second-order valence-corrected chi connectivity index (χ2v) is 4.56. The van der Waals surface area contributed by atoms with Gasteiger partial charge >= 0.3 is 0 Å². The molecule has 4 heteroatoms. The number of amides is 1. The zero-order chi connectivity index (χ0) is 13.5. The van der Waals surface area contributed by atoms with E-state index in [0.717, 1.165) is 5.56 Å². The summed E-state index contributed by atoms with van der Waals surface area (Å²) >= 11 is 5.84. The van der Waals surface area contributed by atoms with Crippen molar-refractivity contribution >= 4 is 17.5 Å². The molecule has 0 saturated heterocycles. The summed E-state index contributed by atoms with van der Waals surface area (Å²) in [5, 5.41) is 3.35. The summed E-state index contributed by atoms with van der Waals surface area (Å²) in [6.45, 7) is 2.62. The van der Waals surface area contributed by atoms with Crippen molar-refractivity contribution in [3.8, 4) is 12.3 Å². The lowest BCUT2D eigenvalue weighted by Gasteiger charge is -2.24. The van der Waals surface area contributed by atoms with Gasteiger partial charge in [-0.15, -0.1) is 6.42 Å². The van der Waals surface area contributed by atoms with Crippen molar-refractivity contribution in [2.75, 3.05) is 20.1 Å². The number of carbonyl (C=O) groups is 1. The van der Waals surface area contributed by atoms with E-state index in [-0.39, 0.29) is 18.5 Å². The number of nitrogens with one attached hydrogen (secondary N) is 1. The molecular weight excluding hydrogens is 248 g/mol. The second kappa shape index (κ2) is 7.05. The topological polar surface area (TPSA) is 32.3 Å². The third-order valence-corrected chi connectivity index (χ3v) is 3.05. The smallest absolute Gasteiger partial charge is 0.234 e. The van der Waals surface area contributed by atoms with Gasteiger partial charge in [0, 0.05) is 11.1 Å². The van der Waals surface area contributed by atoms with Crippen LogP contribution in [0.1, 0.15) is 18.5 Å². The molecule has 1 atom stereocenters. The third kappa shape index (κ3) is 4.40. The molecule has 1 aromatic rings. The van der Waals surface area contributed by atoms with Gasteiger partial charge in [-0.2, -0.15) is 0 Å². The van der Waals surface area contributed by atoms with Crippen LogP contribution in [0.3, 0.4) is 0 Å². The molecule has 0 bridgehead atoms. The maximum atomic E-state index is 11.5. The molecule has 0 heterocycles. The Bertz CT molecular complexity index is 436. The monoisotopic (exact) mass is 264 g/mol. The summed E-state index contributed by atoms with van der Waals surface area (Å²) in [7, 11) is 1.90. The fourth-order valence-electron chi connectivity index (χ4n) is 1.56. The Balaban J connectivity index is 2.56. The van der Waals surface area contributed by atoms with Crippen LogP contribution in [-0.4, -0.2) is 30.9 Å². The Labute approximate surface area is 113 Å². The number of hydrogen-bond acceptors (Lipinski definition) is 2. The Kier molecular flexibility index (Phi) is 5.70. The van der Waals surface area contributed by atoms with Crippen molar-refractivity contribution in [1.82, 2.24) is 10.2 Å². The first-order chi connectivity index (χ1) is 8.54. The van der Waals surface area contributed by atoms with Crippen LogP contribution in [0.5, 0.6) is 0 Å². The average molecular weight is 265 g/mol. The highest BCUT2D eigenvalue weighted by molar-refractivity contribution is 6.30. The molecule has 0 spiro atoms. The number of rotatable bonds is 5. The van der Waals surface area contributed by atoms with Crippen molar-refractivity contribution < 1.29 is 4.79 Å². The van der Waals surface area contributed by atoms with Crippen LogP contribution < -0.4 is 5.32 Å². The fraction of sp³-hybridized carbons (Fsp3) is 0.357. The molecule has 1 amide bonds. The SMILES string of the molecule is C#CCNC(=O)CN(C)[C@H](C)c1ccc(Cl)cc1. The molecule has 1 rings (SSSR count). The minimum absolute atomic E-state index is 0.0729. The van der Waals surface area contributed by atoms with Crippen LogP contribution >= 0.6 is 11.6 Å². The van der Waals surface area contributed by atoms with Crippen LogP contribution in [0.15, 0.2) is 24.3 Å². The predicted molar refractivity (Wildman–Crippen MR) is 74.3 cm³/mol. The number of carbonyl (C=O) groups excluding carboxylic acids is 1. The highest BCUT2D eigenvalue weighted by Crippen LogP contribution is 2.20. The van der Waals surface area contributed by atoms with Crippen molar-refractivity contribution in [3.63, 3.8) is 0 Å². The van der Waals surface area contributed by atoms with Crippen LogP contribution in [-0.2, 0) is 4.79 Å². The van der Waals surface area contributed by atoms with E-state index in [1.165, 1.54) is 0 Å². The van der Waals surface area contributed by atoms with Crippen LogP contribution in [0.4, 0.5) is 0 Å². The van der Waals surface area contributed by atoms with Gasteiger partial charge in [0.25, 0.3) is 0 Å². The number of likely N-dealkylation sites (N-methyl/N-ethyl adjacent to an activating group) is 1. The maximum absolute atomic E-state index is 11.5. The number of benzene rings is 1. The summed E-state index contributed by atoms with van der Waals surface area (Å²) in [6, 6.07) is 7.75. The lowest BCUT2D eigenvalue weighted by molar-refractivity contribution is -0.122. The van der Waals surface area contributed by atoms with Gasteiger partial charge in [-0.1, -0.05) is 29.7 Å². The first-order valence-corrected chi connectivity index (χ1v) is 6.08. The van der Waals surface area contributed by atoms with Crippen molar-refractivity contribution in [2.45, 2.75) is 13.0 Å². The van der Waals surface area contributed by atoms with E-state index in [9.17, 15) is 4.79 Å². The van der Waals surface area contributed by atoms with E-state index >= 15 is 0 Å². The number of halogens is 1. The van der Waals surface area contributed by atoms with Crippen LogP contribution in [0.25, 0.3) is 0 Å². The zero-order valence-electron chi connectivity index (χ0n) is 10.6. The summed E-state index contributed by atoms with van der Waals surface area (Å²) in [6.07, 6.45) is 5.08. The Morgan fingerprint density at radius 1 is 1.50 bits per heavy atom. The molecule has 0 aliphatic heterocycles. The van der Waals surface area contributed by atoms with Crippen molar-refractivity contribution in [2.24, 2.45) is 0 Å². The van der Waals surface area contributed by atoms with E-state index in [0.29, 0.717) is 11.6 Å². The molecule has 96 valence electrons. The summed E-state index contributed by atoms with van der Waals surface area (Å²) in [5.74, 6) is 2.30. The molecule has 1 N–H and O–H groups in total. The van der Waals surface area contributed by atoms with E-state index in [1.807, 2.05) is 43.1 Å². The Hall–Kier alpha value is -1.50. The highest BCUT2D eigenvalue weighted by Gasteiger charge is 2.14. The molecule has 0 saturated carbocycles. The second-order valence-electron chi connectivity index (χ2n) is 4.12. The molecule has 1 aromatic carbocycles. The lowest BCUT2D eigenvalue weighted by Crippen LogP contribution is -2.36. The van der Waals surface area contributed by atoms with Crippen LogP contribution in [0, 0.1) is 12.3 Å².